The van der Waals surface area contributed by atoms with Gasteiger partial charge >= 0.3 is 0 Å². The third-order valence-electron chi connectivity index (χ3n) is 3.71. The number of amides is 1. The van der Waals surface area contributed by atoms with Crippen LogP contribution in [0.3, 0.4) is 0 Å². The van der Waals surface area contributed by atoms with Crippen LogP contribution in [0.5, 0.6) is 0 Å². The number of nitrogens with one attached hydrogen (secondary N) is 2. The Balaban J connectivity index is 1.59. The van der Waals surface area contributed by atoms with Gasteiger partial charge in [-0.25, -0.2) is 0 Å². The molecule has 1 fully saturated rings. The minimum atomic E-state index is -0.141. The number of aromatic nitrogens is 2. The third-order valence-corrected chi connectivity index (χ3v) is 4.08. The second-order valence-electron chi connectivity index (χ2n) is 5.65. The van der Waals surface area contributed by atoms with Crippen LogP contribution in [0.25, 0.3) is 0 Å². The van der Waals surface area contributed by atoms with E-state index in [9.17, 15) is 4.79 Å². The lowest BCUT2D eigenvalue weighted by Crippen LogP contribution is -2.34. The number of aromatic amines is 1. The highest BCUT2D eigenvalue weighted by Crippen LogP contribution is 2.38. The largest absolute Gasteiger partial charge is 0.348 e. The van der Waals surface area contributed by atoms with Gasteiger partial charge in [-0.05, 0) is 43.9 Å². The Labute approximate surface area is 128 Å². The number of rotatable bonds is 5. The van der Waals surface area contributed by atoms with Crippen LogP contribution in [0.1, 0.15) is 47.4 Å². The van der Waals surface area contributed by atoms with Crippen molar-refractivity contribution in [3.05, 3.63) is 52.3 Å². The van der Waals surface area contributed by atoms with Gasteiger partial charge in [0.2, 0.25) is 0 Å². The molecule has 0 spiro atoms. The smallest absolute Gasteiger partial charge is 0.271 e. The molecular formula is C16H18ClN3O. The molecule has 0 saturated heterocycles. The predicted octanol–water partition coefficient (Wildman–Crippen LogP) is 3.30. The Bertz CT molecular complexity index is 648. The van der Waals surface area contributed by atoms with Crippen LogP contribution in [0.4, 0.5) is 0 Å². The Hall–Kier alpha value is -1.81. The maximum Gasteiger partial charge on any atom is 0.271 e. The summed E-state index contributed by atoms with van der Waals surface area (Å²) in [7, 11) is 0. The number of carbonyl (C=O) groups excluding carboxylic acids is 1. The van der Waals surface area contributed by atoms with Gasteiger partial charge in [0.05, 0.1) is 0 Å². The molecule has 1 aromatic carbocycles. The quantitative estimate of drug-likeness (QED) is 0.890. The number of carbonyl (C=O) groups is 1. The first-order valence-corrected chi connectivity index (χ1v) is 7.61. The number of nitrogens with zero attached hydrogens (tertiary/aromatic N) is 1. The second-order valence-corrected chi connectivity index (χ2v) is 6.06. The SMILES string of the molecule is C[C@@H](Cc1ccccc1Cl)NC(=O)c1cc(C2CC2)[nH]n1. The van der Waals surface area contributed by atoms with Gasteiger partial charge in [-0.2, -0.15) is 5.10 Å². The van der Waals surface area contributed by atoms with E-state index in [1.54, 1.807) is 0 Å². The lowest BCUT2D eigenvalue weighted by Gasteiger charge is -2.13. The van der Waals surface area contributed by atoms with E-state index in [1.165, 1.54) is 12.8 Å². The van der Waals surface area contributed by atoms with Gasteiger partial charge in [-0.15, -0.1) is 0 Å². The summed E-state index contributed by atoms with van der Waals surface area (Å²) < 4.78 is 0. The first-order valence-electron chi connectivity index (χ1n) is 7.23. The van der Waals surface area contributed by atoms with E-state index in [0.717, 1.165) is 16.3 Å². The summed E-state index contributed by atoms with van der Waals surface area (Å²) in [6.45, 7) is 1.97. The van der Waals surface area contributed by atoms with Gasteiger partial charge in [0.15, 0.2) is 0 Å². The fourth-order valence-corrected chi connectivity index (χ4v) is 2.61. The fraction of sp³-hybridized carbons (Fsp3) is 0.375. The number of hydrogen-bond donors (Lipinski definition) is 2. The Morgan fingerprint density at radius 3 is 2.95 bits per heavy atom. The molecule has 110 valence electrons. The molecule has 1 amide bonds. The molecule has 0 radical (unpaired) electrons. The maximum atomic E-state index is 12.2. The molecule has 2 N–H and O–H groups in total. The lowest BCUT2D eigenvalue weighted by molar-refractivity contribution is 0.0935. The summed E-state index contributed by atoms with van der Waals surface area (Å²) in [5.41, 5.74) is 2.56. The molecule has 0 bridgehead atoms. The molecule has 2 aromatic rings. The van der Waals surface area contributed by atoms with Crippen molar-refractivity contribution in [1.82, 2.24) is 15.5 Å². The minimum Gasteiger partial charge on any atom is -0.348 e. The molecule has 1 aromatic heterocycles. The molecule has 1 heterocycles. The van der Waals surface area contributed by atoms with Crippen molar-refractivity contribution in [3.63, 3.8) is 0 Å². The normalized spacial score (nSPS) is 15.7. The molecule has 5 heteroatoms. The van der Waals surface area contributed by atoms with Crippen LogP contribution < -0.4 is 5.32 Å². The van der Waals surface area contributed by atoms with Crippen LogP contribution in [0, 0.1) is 0 Å². The summed E-state index contributed by atoms with van der Waals surface area (Å²) in [5.74, 6) is 0.428. The maximum absolute atomic E-state index is 12.2. The van der Waals surface area contributed by atoms with E-state index >= 15 is 0 Å². The van der Waals surface area contributed by atoms with Crippen LogP contribution in [-0.2, 0) is 6.42 Å². The van der Waals surface area contributed by atoms with E-state index in [2.05, 4.69) is 15.5 Å². The first kappa shape index (κ1) is 14.1. The lowest BCUT2D eigenvalue weighted by atomic mass is 10.1. The van der Waals surface area contributed by atoms with Gasteiger partial charge < -0.3 is 5.32 Å². The molecule has 0 unspecified atom stereocenters. The van der Waals surface area contributed by atoms with Crippen molar-refractivity contribution < 1.29 is 4.79 Å². The van der Waals surface area contributed by atoms with Crippen molar-refractivity contribution in [3.8, 4) is 0 Å². The van der Waals surface area contributed by atoms with E-state index in [0.29, 0.717) is 18.0 Å². The molecule has 4 nitrogen and oxygen atoms in total. The highest BCUT2D eigenvalue weighted by atomic mass is 35.5. The molecule has 1 atom stereocenters. The van der Waals surface area contributed by atoms with E-state index in [-0.39, 0.29) is 11.9 Å². The Morgan fingerprint density at radius 1 is 1.48 bits per heavy atom. The zero-order chi connectivity index (χ0) is 14.8. The van der Waals surface area contributed by atoms with Crippen molar-refractivity contribution in [2.75, 3.05) is 0 Å². The van der Waals surface area contributed by atoms with Crippen molar-refractivity contribution in [1.29, 1.82) is 0 Å². The van der Waals surface area contributed by atoms with Crippen LogP contribution in [-0.4, -0.2) is 22.1 Å². The monoisotopic (exact) mass is 303 g/mol. The number of halogens is 1. The minimum absolute atomic E-state index is 0.00141. The predicted molar refractivity (Wildman–Crippen MR) is 82.6 cm³/mol. The third kappa shape index (κ3) is 3.45. The van der Waals surface area contributed by atoms with Gasteiger partial charge in [-0.3, -0.25) is 9.89 Å². The summed E-state index contributed by atoms with van der Waals surface area (Å²) in [5, 5.41) is 10.7. The van der Waals surface area contributed by atoms with Crippen LogP contribution in [0.2, 0.25) is 5.02 Å². The van der Waals surface area contributed by atoms with E-state index in [4.69, 9.17) is 11.6 Å². The average Bonchev–Trinajstić information content (AvgIpc) is 3.18. The summed E-state index contributed by atoms with van der Waals surface area (Å²) in [6, 6.07) is 9.54. The van der Waals surface area contributed by atoms with Crippen LogP contribution >= 0.6 is 11.6 Å². The van der Waals surface area contributed by atoms with E-state index < -0.39 is 0 Å². The van der Waals surface area contributed by atoms with Crippen molar-refractivity contribution in [2.24, 2.45) is 0 Å². The topological polar surface area (TPSA) is 57.8 Å². The van der Waals surface area contributed by atoms with Gasteiger partial charge in [0.25, 0.3) is 5.91 Å². The van der Waals surface area contributed by atoms with Crippen molar-refractivity contribution >= 4 is 17.5 Å². The summed E-state index contributed by atoms with van der Waals surface area (Å²) >= 11 is 6.14. The zero-order valence-corrected chi connectivity index (χ0v) is 12.7. The molecule has 1 saturated carbocycles. The van der Waals surface area contributed by atoms with E-state index in [1.807, 2.05) is 37.3 Å². The molecule has 21 heavy (non-hydrogen) atoms. The molecular weight excluding hydrogens is 286 g/mol. The zero-order valence-electron chi connectivity index (χ0n) is 11.9. The van der Waals surface area contributed by atoms with Gasteiger partial charge in [0.1, 0.15) is 5.69 Å². The number of H-pyrrole nitrogens is 1. The Morgan fingerprint density at radius 2 is 2.24 bits per heavy atom. The summed E-state index contributed by atoms with van der Waals surface area (Å²) in [6.07, 6.45) is 3.07. The fourth-order valence-electron chi connectivity index (χ4n) is 2.40. The second kappa shape index (κ2) is 5.90. The molecule has 3 rings (SSSR count). The van der Waals surface area contributed by atoms with Crippen LogP contribution in [0.15, 0.2) is 30.3 Å². The Kier molecular flexibility index (Phi) is 3.97. The highest BCUT2D eigenvalue weighted by molar-refractivity contribution is 6.31. The van der Waals surface area contributed by atoms with Gasteiger partial charge in [0, 0.05) is 22.7 Å². The molecule has 1 aliphatic carbocycles. The highest BCUT2D eigenvalue weighted by Gasteiger charge is 2.26. The van der Waals surface area contributed by atoms with Gasteiger partial charge in [-0.1, -0.05) is 29.8 Å². The molecule has 0 aliphatic heterocycles. The molecule has 1 aliphatic rings. The number of hydrogen-bond acceptors (Lipinski definition) is 2. The summed E-state index contributed by atoms with van der Waals surface area (Å²) in [4.78, 5) is 12.2. The van der Waals surface area contributed by atoms with Crippen molar-refractivity contribution in [2.45, 2.75) is 38.1 Å². The average molecular weight is 304 g/mol. The number of benzene rings is 1. The first-order chi connectivity index (χ1) is 10.1. The standard InChI is InChI=1S/C16H18ClN3O/c1-10(8-12-4-2-3-5-13(12)17)18-16(21)15-9-14(19-20-15)11-6-7-11/h2-5,9-11H,6-8H2,1H3,(H,18,21)(H,19,20)/t10-/m0/s1.